The summed E-state index contributed by atoms with van der Waals surface area (Å²) in [5.74, 6) is -0.915. The number of fused-ring (bicyclic) bond motifs is 1. The Balaban J connectivity index is 1.86. The van der Waals surface area contributed by atoms with Crippen molar-refractivity contribution in [2.45, 2.75) is 12.0 Å². The van der Waals surface area contributed by atoms with Crippen molar-refractivity contribution in [1.82, 2.24) is 9.47 Å². The highest BCUT2D eigenvalue weighted by molar-refractivity contribution is 6.42. The van der Waals surface area contributed by atoms with Gasteiger partial charge in [-0.1, -0.05) is 35.8 Å². The molecule has 8 heteroatoms. The van der Waals surface area contributed by atoms with E-state index in [4.69, 9.17) is 27.3 Å². The standard InChI is InChI=1S/C23H20Cl2FN3O2/c1-3-19(30)29-11-9-23(13-29,20-18(26)7-6-17(24)21(20)25)27-15-5-4-14-8-10-28(2)22(31)16(14)12-15/h3-8,10,12,27H,1,9,11,13H2,2H3/t23-/m1/s1/i2D3. The molecule has 1 atom stereocenters. The number of aromatic nitrogens is 1. The molecule has 4 rings (SSSR count). The fourth-order valence-electron chi connectivity index (χ4n) is 4.05. The van der Waals surface area contributed by atoms with E-state index in [2.05, 4.69) is 11.9 Å². The van der Waals surface area contributed by atoms with Crippen LogP contribution in [0.25, 0.3) is 10.8 Å². The molecule has 160 valence electrons. The summed E-state index contributed by atoms with van der Waals surface area (Å²) in [6, 6.07) is 8.96. The van der Waals surface area contributed by atoms with Crippen LogP contribution in [0.1, 0.15) is 16.1 Å². The summed E-state index contributed by atoms with van der Waals surface area (Å²) in [5.41, 5.74) is -1.31. The number of carbonyl (C=O) groups is 1. The van der Waals surface area contributed by atoms with Crippen molar-refractivity contribution in [2.75, 3.05) is 18.4 Å². The second-order valence-corrected chi connectivity index (χ2v) is 8.22. The number of halogens is 3. The van der Waals surface area contributed by atoms with Gasteiger partial charge in [-0.15, -0.1) is 0 Å². The van der Waals surface area contributed by atoms with Gasteiger partial charge in [0.2, 0.25) is 5.91 Å². The van der Waals surface area contributed by atoms with Gasteiger partial charge in [-0.2, -0.15) is 0 Å². The van der Waals surface area contributed by atoms with Crippen LogP contribution in [0, 0.1) is 5.82 Å². The molecule has 31 heavy (non-hydrogen) atoms. The lowest BCUT2D eigenvalue weighted by Gasteiger charge is -2.33. The number of aryl methyl sites for hydroxylation is 1. The summed E-state index contributed by atoms with van der Waals surface area (Å²) in [6.07, 6.45) is 2.71. The molecule has 1 aliphatic rings. The molecule has 1 aliphatic heterocycles. The molecule has 5 nitrogen and oxygen atoms in total. The van der Waals surface area contributed by atoms with E-state index in [1.165, 1.54) is 41.4 Å². The van der Waals surface area contributed by atoms with Crippen molar-refractivity contribution in [3.05, 3.63) is 87.0 Å². The number of pyridine rings is 1. The van der Waals surface area contributed by atoms with Gasteiger partial charge in [-0.3, -0.25) is 9.59 Å². The second-order valence-electron chi connectivity index (χ2n) is 7.43. The molecule has 0 saturated carbocycles. The topological polar surface area (TPSA) is 54.3 Å². The zero-order chi connectivity index (χ0) is 24.8. The number of carbonyl (C=O) groups excluding carboxylic acids is 1. The van der Waals surface area contributed by atoms with Crippen LogP contribution in [0.4, 0.5) is 10.1 Å². The van der Waals surface area contributed by atoms with Crippen molar-refractivity contribution in [3.63, 3.8) is 0 Å². The van der Waals surface area contributed by atoms with E-state index in [-0.39, 0.29) is 33.4 Å². The maximum atomic E-state index is 15.1. The van der Waals surface area contributed by atoms with Crippen LogP contribution in [-0.2, 0) is 17.3 Å². The minimum absolute atomic E-state index is 0.0209. The number of hydrogen-bond acceptors (Lipinski definition) is 3. The van der Waals surface area contributed by atoms with Crippen LogP contribution in [0.3, 0.4) is 0 Å². The summed E-state index contributed by atoms with van der Waals surface area (Å²) in [6.45, 7) is 1.26. The molecule has 1 saturated heterocycles. The summed E-state index contributed by atoms with van der Waals surface area (Å²) in [7, 11) is 0. The van der Waals surface area contributed by atoms with Gasteiger partial charge in [0, 0.05) is 47.0 Å². The first kappa shape index (κ1) is 17.8. The first-order chi connectivity index (χ1) is 16.0. The zero-order valence-corrected chi connectivity index (χ0v) is 17.8. The molecule has 1 aromatic heterocycles. The van der Waals surface area contributed by atoms with Gasteiger partial charge in [0.05, 0.1) is 15.6 Å². The molecule has 2 aromatic carbocycles. The molecule has 0 unspecified atom stereocenters. The quantitative estimate of drug-likeness (QED) is 0.451. The van der Waals surface area contributed by atoms with Crippen molar-refractivity contribution in [2.24, 2.45) is 6.98 Å². The SMILES string of the molecule is [2H]C([2H])([2H])n1ccc2ccc(N[C@]3(c4c(F)ccc(Cl)c4Cl)CCN(C(=O)C=C)C3)cc2c1=O. The normalized spacial score (nSPS) is 20.2. The van der Waals surface area contributed by atoms with E-state index in [1.807, 2.05) is 0 Å². The highest BCUT2D eigenvalue weighted by atomic mass is 35.5. The van der Waals surface area contributed by atoms with E-state index in [9.17, 15) is 9.59 Å². The molecule has 2 heterocycles. The first-order valence-corrected chi connectivity index (χ1v) is 10.2. The summed E-state index contributed by atoms with van der Waals surface area (Å²) in [4.78, 5) is 26.7. The van der Waals surface area contributed by atoms with Crippen LogP contribution in [0.15, 0.2) is 60.0 Å². The third-order valence-corrected chi connectivity index (χ3v) is 6.37. The number of benzene rings is 2. The lowest BCUT2D eigenvalue weighted by atomic mass is 9.87. The summed E-state index contributed by atoms with van der Waals surface area (Å²) >= 11 is 12.6. The molecule has 1 N–H and O–H groups in total. The third kappa shape index (κ3) is 3.70. The number of anilines is 1. The van der Waals surface area contributed by atoms with Crippen molar-refractivity contribution in [3.8, 4) is 0 Å². The van der Waals surface area contributed by atoms with Gasteiger partial charge in [-0.25, -0.2) is 4.39 Å². The van der Waals surface area contributed by atoms with Gasteiger partial charge < -0.3 is 14.8 Å². The maximum absolute atomic E-state index is 15.1. The average Bonchev–Trinajstić information content (AvgIpc) is 3.20. The highest BCUT2D eigenvalue weighted by Crippen LogP contribution is 2.43. The fourth-order valence-corrected chi connectivity index (χ4v) is 4.55. The van der Waals surface area contributed by atoms with Crippen molar-refractivity contribution >= 4 is 45.6 Å². The van der Waals surface area contributed by atoms with Crippen molar-refractivity contribution < 1.29 is 13.3 Å². The predicted octanol–water partition coefficient (Wildman–Crippen LogP) is 4.71. The summed E-state index contributed by atoms with van der Waals surface area (Å²) in [5, 5.41) is 4.17. The average molecular weight is 463 g/mol. The zero-order valence-electron chi connectivity index (χ0n) is 19.3. The fraction of sp³-hybridized carbons (Fsp3) is 0.217. The monoisotopic (exact) mass is 462 g/mol. The van der Waals surface area contributed by atoms with Crippen LogP contribution in [0.5, 0.6) is 0 Å². The van der Waals surface area contributed by atoms with Gasteiger partial charge in [0.1, 0.15) is 5.82 Å². The predicted molar refractivity (Wildman–Crippen MR) is 122 cm³/mol. The maximum Gasteiger partial charge on any atom is 0.258 e. The molecular weight excluding hydrogens is 440 g/mol. The highest BCUT2D eigenvalue weighted by Gasteiger charge is 2.44. The molecule has 3 aromatic rings. The minimum atomic E-state index is -2.63. The van der Waals surface area contributed by atoms with Gasteiger partial charge in [-0.05, 0) is 48.2 Å². The van der Waals surface area contributed by atoms with E-state index in [0.717, 1.165) is 0 Å². The van der Waals surface area contributed by atoms with E-state index < -0.39 is 23.9 Å². The van der Waals surface area contributed by atoms with Crippen LogP contribution >= 0.6 is 23.2 Å². The van der Waals surface area contributed by atoms with Gasteiger partial charge >= 0.3 is 0 Å². The van der Waals surface area contributed by atoms with Gasteiger partial charge in [0.15, 0.2) is 0 Å². The summed E-state index contributed by atoms with van der Waals surface area (Å²) < 4.78 is 38.5. The Bertz CT molecular complexity index is 1380. The van der Waals surface area contributed by atoms with Crippen molar-refractivity contribution in [1.29, 1.82) is 0 Å². The number of likely N-dealkylation sites (tertiary alicyclic amines) is 1. The lowest BCUT2D eigenvalue weighted by Crippen LogP contribution is -2.41. The van der Waals surface area contributed by atoms with Gasteiger partial charge in [0.25, 0.3) is 5.56 Å². The largest absolute Gasteiger partial charge is 0.374 e. The Morgan fingerprint density at radius 3 is 2.87 bits per heavy atom. The van der Waals surface area contributed by atoms with Crippen LogP contribution < -0.4 is 10.9 Å². The number of hydrogen-bond donors (Lipinski definition) is 1. The Morgan fingerprint density at radius 1 is 1.32 bits per heavy atom. The molecule has 1 fully saturated rings. The Morgan fingerprint density at radius 2 is 2.13 bits per heavy atom. The van der Waals surface area contributed by atoms with Crippen LogP contribution in [-0.4, -0.2) is 28.5 Å². The Hall–Kier alpha value is -2.83. The first-order valence-electron chi connectivity index (χ1n) is 11.0. The smallest absolute Gasteiger partial charge is 0.258 e. The Labute approximate surface area is 192 Å². The molecular formula is C23H20Cl2FN3O2. The molecule has 0 spiro atoms. The number of amides is 1. The third-order valence-electron chi connectivity index (χ3n) is 5.57. The number of nitrogens with zero attached hydrogens (tertiary/aromatic N) is 2. The number of nitrogens with one attached hydrogen (secondary N) is 1. The van der Waals surface area contributed by atoms with E-state index in [0.29, 0.717) is 28.6 Å². The Kier molecular flexibility index (Phi) is 4.61. The minimum Gasteiger partial charge on any atom is -0.374 e. The number of rotatable bonds is 4. The molecule has 0 aliphatic carbocycles. The second kappa shape index (κ2) is 8.02. The molecule has 0 radical (unpaired) electrons. The lowest BCUT2D eigenvalue weighted by molar-refractivity contribution is -0.125. The van der Waals surface area contributed by atoms with E-state index in [1.54, 1.807) is 12.1 Å². The van der Waals surface area contributed by atoms with E-state index >= 15 is 4.39 Å². The van der Waals surface area contributed by atoms with Crippen LogP contribution in [0.2, 0.25) is 10.0 Å². The molecule has 1 amide bonds. The molecule has 0 bridgehead atoms.